The molecule has 11 nitrogen and oxygen atoms in total. The molecule has 0 aliphatic heterocycles. The summed E-state index contributed by atoms with van der Waals surface area (Å²) < 4.78 is 1.59. The topological polar surface area (TPSA) is 153 Å². The van der Waals surface area contributed by atoms with Crippen LogP contribution in [0.5, 0.6) is 5.88 Å². The van der Waals surface area contributed by atoms with E-state index in [1.807, 2.05) is 6.92 Å². The molecule has 0 spiro atoms. The van der Waals surface area contributed by atoms with Crippen LogP contribution in [0.3, 0.4) is 0 Å². The lowest BCUT2D eigenvalue weighted by Crippen LogP contribution is -2.37. The van der Waals surface area contributed by atoms with Crippen molar-refractivity contribution < 1.29 is 9.90 Å². The Labute approximate surface area is 170 Å². The minimum absolute atomic E-state index is 0.108. The van der Waals surface area contributed by atoms with Gasteiger partial charge in [-0.3, -0.25) is 15.3 Å². The van der Waals surface area contributed by atoms with Crippen LogP contribution in [0.1, 0.15) is 38.3 Å². The van der Waals surface area contributed by atoms with E-state index in [4.69, 9.17) is 0 Å². The molecule has 3 aromatic rings. The zero-order valence-electron chi connectivity index (χ0n) is 16.3. The van der Waals surface area contributed by atoms with Gasteiger partial charge in [0.05, 0.1) is 12.2 Å². The van der Waals surface area contributed by atoms with Crippen molar-refractivity contribution in [3.63, 3.8) is 0 Å². The van der Waals surface area contributed by atoms with Gasteiger partial charge in [0, 0.05) is 17.3 Å². The third-order valence-electron chi connectivity index (χ3n) is 5.31. The number of hydrogen-bond donors (Lipinski definition) is 5. The number of carbonyl (C=O) groups is 1. The Kier molecular flexibility index (Phi) is 4.30. The first-order valence-corrected chi connectivity index (χ1v) is 9.99. The Balaban J connectivity index is 1.55. The summed E-state index contributed by atoms with van der Waals surface area (Å²) in [6, 6.07) is 1.73. The van der Waals surface area contributed by atoms with Crippen LogP contribution in [-0.4, -0.2) is 47.8 Å². The zero-order valence-corrected chi connectivity index (χ0v) is 16.3. The summed E-state index contributed by atoms with van der Waals surface area (Å²) in [6.45, 7) is 2.00. The number of imidazole rings is 1. The van der Waals surface area contributed by atoms with Gasteiger partial charge in [-0.1, -0.05) is 0 Å². The van der Waals surface area contributed by atoms with Gasteiger partial charge in [0.2, 0.25) is 5.88 Å². The number of aromatic amines is 2. The number of anilines is 1. The maximum absolute atomic E-state index is 12.4. The van der Waals surface area contributed by atoms with E-state index in [2.05, 4.69) is 35.7 Å². The highest BCUT2D eigenvalue weighted by Crippen LogP contribution is 2.32. The highest BCUT2D eigenvalue weighted by Gasteiger charge is 2.29. The lowest BCUT2D eigenvalue weighted by Gasteiger charge is -2.13. The summed E-state index contributed by atoms with van der Waals surface area (Å²) in [7, 11) is 0. The molecule has 2 saturated carbocycles. The van der Waals surface area contributed by atoms with Gasteiger partial charge in [-0.15, -0.1) is 0 Å². The van der Waals surface area contributed by atoms with E-state index in [9.17, 15) is 14.7 Å². The Morgan fingerprint density at radius 1 is 1.37 bits per heavy atom. The van der Waals surface area contributed by atoms with E-state index in [1.165, 1.54) is 0 Å². The van der Waals surface area contributed by atoms with Crippen LogP contribution >= 0.6 is 0 Å². The van der Waals surface area contributed by atoms with Crippen LogP contribution in [0.15, 0.2) is 22.1 Å². The van der Waals surface area contributed by atoms with Gasteiger partial charge in [-0.25, -0.2) is 14.6 Å². The maximum Gasteiger partial charge on any atom is 0.326 e. The van der Waals surface area contributed by atoms with Crippen molar-refractivity contribution in [3.8, 4) is 5.88 Å². The molecule has 2 amide bonds. The Morgan fingerprint density at radius 2 is 2.17 bits per heavy atom. The third kappa shape index (κ3) is 3.78. The third-order valence-corrected chi connectivity index (χ3v) is 5.31. The summed E-state index contributed by atoms with van der Waals surface area (Å²) in [6.07, 6.45) is 7.44. The lowest BCUT2D eigenvalue weighted by molar-refractivity contribution is 0.248. The smallest absolute Gasteiger partial charge is 0.326 e. The van der Waals surface area contributed by atoms with Gasteiger partial charge in [0.15, 0.2) is 11.1 Å². The molecular weight excluding hydrogens is 388 g/mol. The number of fused-ring (bicyclic) bond motifs is 1. The Morgan fingerprint density at radius 3 is 2.83 bits per heavy atom. The minimum atomic E-state index is -0.517. The van der Waals surface area contributed by atoms with Gasteiger partial charge >= 0.3 is 11.7 Å². The van der Waals surface area contributed by atoms with Gasteiger partial charge in [0.1, 0.15) is 11.5 Å². The number of hydrogen-bond acceptors (Lipinski definition) is 6. The van der Waals surface area contributed by atoms with E-state index >= 15 is 0 Å². The summed E-state index contributed by atoms with van der Waals surface area (Å²) in [4.78, 5) is 37.8. The average molecular weight is 410 g/mol. The molecule has 0 aromatic carbocycles. The van der Waals surface area contributed by atoms with E-state index in [0.717, 1.165) is 25.7 Å². The van der Waals surface area contributed by atoms with Crippen LogP contribution in [0, 0.1) is 5.92 Å². The van der Waals surface area contributed by atoms with Gasteiger partial charge in [-0.05, 0) is 44.6 Å². The second-order valence-electron chi connectivity index (χ2n) is 7.91. The predicted octanol–water partition coefficient (Wildman–Crippen LogP) is -0.0179. The van der Waals surface area contributed by atoms with Crippen LogP contribution in [0.2, 0.25) is 0 Å². The number of amides is 2. The van der Waals surface area contributed by atoms with Crippen LogP contribution in [0.4, 0.5) is 10.6 Å². The van der Waals surface area contributed by atoms with Crippen LogP contribution < -0.4 is 27.0 Å². The molecule has 3 heterocycles. The van der Waals surface area contributed by atoms with E-state index in [0.29, 0.717) is 28.1 Å². The van der Waals surface area contributed by atoms with E-state index in [-0.39, 0.29) is 29.7 Å². The van der Waals surface area contributed by atoms with Gasteiger partial charge in [-0.2, -0.15) is 9.61 Å². The summed E-state index contributed by atoms with van der Waals surface area (Å²) in [5.74, 6) is 0.619. The SMILES string of the molecule is CC(NC(=O)Nc1cc(=NC2CC2)n2ncc(=Cc3[nH]c(=O)[nH]c3O)c2n1)C1CC1. The fraction of sp³-hybridized carbons (Fsp3) is 0.421. The van der Waals surface area contributed by atoms with Crippen molar-refractivity contribution in [1.29, 1.82) is 0 Å². The number of rotatable bonds is 5. The van der Waals surface area contributed by atoms with E-state index in [1.54, 1.807) is 22.9 Å². The number of aromatic hydroxyl groups is 1. The van der Waals surface area contributed by atoms with Crippen molar-refractivity contribution in [3.05, 3.63) is 39.1 Å². The molecule has 1 atom stereocenters. The van der Waals surface area contributed by atoms with Crippen molar-refractivity contribution in [1.82, 2.24) is 29.9 Å². The standard InChI is InChI=1S/C19H22N8O3/c1-9(10-2-3-10)21-18(29)25-14-7-15(22-12-4-5-12)27-16(24-14)11(8-20-27)6-13-17(28)26-19(30)23-13/h6-10,12,28H,2-5H2,1H3,(H2,21,25,29)(H2,23,26,30). The Bertz CT molecular complexity index is 1300. The first-order valence-electron chi connectivity index (χ1n) is 9.99. The monoisotopic (exact) mass is 410 g/mol. The molecule has 2 aliphatic carbocycles. The number of H-pyrrole nitrogens is 2. The minimum Gasteiger partial charge on any atom is -0.493 e. The molecule has 0 radical (unpaired) electrons. The van der Waals surface area contributed by atoms with Crippen molar-refractivity contribution in [2.24, 2.45) is 10.9 Å². The maximum atomic E-state index is 12.4. The average Bonchev–Trinajstić information content (AvgIpc) is 3.60. The second-order valence-corrected chi connectivity index (χ2v) is 7.91. The predicted molar refractivity (Wildman–Crippen MR) is 108 cm³/mol. The van der Waals surface area contributed by atoms with Crippen LogP contribution in [-0.2, 0) is 0 Å². The molecule has 0 bridgehead atoms. The highest BCUT2D eigenvalue weighted by atomic mass is 16.3. The fourth-order valence-corrected chi connectivity index (χ4v) is 3.33. The molecule has 30 heavy (non-hydrogen) atoms. The largest absolute Gasteiger partial charge is 0.493 e. The number of nitrogens with one attached hydrogen (secondary N) is 4. The second kappa shape index (κ2) is 7.01. The van der Waals surface area contributed by atoms with Crippen molar-refractivity contribution in [2.45, 2.75) is 44.7 Å². The first-order chi connectivity index (χ1) is 14.5. The summed E-state index contributed by atoms with van der Waals surface area (Å²) in [5.41, 5.74) is 0.728. The summed E-state index contributed by atoms with van der Waals surface area (Å²) in [5, 5.41) is 20.5. The molecule has 1 unspecified atom stereocenters. The van der Waals surface area contributed by atoms with Gasteiger partial charge < -0.3 is 15.4 Å². The highest BCUT2D eigenvalue weighted by molar-refractivity contribution is 5.88. The van der Waals surface area contributed by atoms with E-state index < -0.39 is 5.69 Å². The number of aromatic nitrogens is 5. The molecule has 3 aromatic heterocycles. The molecule has 2 fully saturated rings. The normalized spacial score (nSPS) is 18.7. The molecule has 0 saturated heterocycles. The molecule has 5 rings (SSSR count). The number of nitrogens with zero attached hydrogens (tertiary/aromatic N) is 4. The molecule has 156 valence electrons. The number of urea groups is 1. The van der Waals surface area contributed by atoms with Crippen LogP contribution in [0.25, 0.3) is 11.7 Å². The summed E-state index contributed by atoms with van der Waals surface area (Å²) >= 11 is 0. The molecular formula is C19H22N8O3. The fourth-order valence-electron chi connectivity index (χ4n) is 3.33. The quantitative estimate of drug-likeness (QED) is 0.400. The van der Waals surface area contributed by atoms with Crippen molar-refractivity contribution >= 4 is 23.6 Å². The van der Waals surface area contributed by atoms with Gasteiger partial charge in [0.25, 0.3) is 0 Å². The zero-order chi connectivity index (χ0) is 20.8. The Hall–Kier alpha value is -3.63. The number of carbonyl (C=O) groups excluding carboxylic acids is 1. The molecule has 11 heteroatoms. The lowest BCUT2D eigenvalue weighted by atomic mass is 10.2. The molecule has 2 aliphatic rings. The van der Waals surface area contributed by atoms with Crippen molar-refractivity contribution in [2.75, 3.05) is 5.32 Å². The first kappa shape index (κ1) is 18.4. The molecule has 5 N–H and O–H groups in total.